The van der Waals surface area contributed by atoms with Crippen LogP contribution in [0.4, 0.5) is 32.2 Å². The second kappa shape index (κ2) is 5.92. The quantitative estimate of drug-likeness (QED) is 0.634. The van der Waals surface area contributed by atoms with Gasteiger partial charge in [-0.1, -0.05) is 11.6 Å². The van der Waals surface area contributed by atoms with Crippen LogP contribution in [-0.4, -0.2) is 26.7 Å². The third kappa shape index (κ3) is 3.36. The molecule has 25 heavy (non-hydrogen) atoms. The van der Waals surface area contributed by atoms with E-state index in [1.807, 2.05) is 0 Å². The van der Waals surface area contributed by atoms with E-state index in [0.29, 0.717) is 16.9 Å². The van der Waals surface area contributed by atoms with E-state index in [-0.39, 0.29) is 0 Å². The van der Waals surface area contributed by atoms with Gasteiger partial charge in [-0.2, -0.15) is 41.4 Å². The molecule has 0 spiro atoms. The molecule has 2 rings (SSSR count). The number of alkyl halides is 6. The Bertz CT molecular complexity index is 895. The van der Waals surface area contributed by atoms with E-state index in [0.717, 1.165) is 0 Å². The van der Waals surface area contributed by atoms with Gasteiger partial charge in [0.05, 0.1) is 10.6 Å². The number of anilines is 1. The van der Waals surface area contributed by atoms with Gasteiger partial charge in [0.15, 0.2) is 11.5 Å². The number of ketones is 1. The number of Topliss-reactive ketones (excluding diaryl/α,β-unsaturated/α-hetero) is 1. The molecular weight excluding hydrogens is 380 g/mol. The molecule has 0 aliphatic heterocycles. The van der Waals surface area contributed by atoms with Crippen molar-refractivity contribution >= 4 is 23.2 Å². The first-order chi connectivity index (χ1) is 11.4. The molecule has 0 bridgehead atoms. The Hall–Kier alpha value is -2.81. The molecule has 0 amide bonds. The van der Waals surface area contributed by atoms with Crippen molar-refractivity contribution in [1.82, 2.24) is 14.8 Å². The number of nitrogens with zero attached hydrogens (tertiary/aromatic N) is 4. The lowest BCUT2D eigenvalue weighted by Crippen LogP contribution is -2.24. The highest BCUT2D eigenvalue weighted by molar-refractivity contribution is 6.32. The van der Waals surface area contributed by atoms with Crippen LogP contribution in [0, 0.1) is 11.3 Å². The number of rotatable bonds is 2. The predicted octanol–water partition coefficient (Wildman–Crippen LogP) is 3.14. The fourth-order valence-corrected chi connectivity index (χ4v) is 2.02. The van der Waals surface area contributed by atoms with Crippen LogP contribution in [0.25, 0.3) is 5.82 Å². The fourth-order valence-electron chi connectivity index (χ4n) is 1.78. The third-order valence-electron chi connectivity index (χ3n) is 2.86. The highest BCUT2D eigenvalue weighted by Gasteiger charge is 2.43. The van der Waals surface area contributed by atoms with Crippen LogP contribution in [0.5, 0.6) is 0 Å². The first kappa shape index (κ1) is 18.5. The van der Waals surface area contributed by atoms with Crippen molar-refractivity contribution in [3.63, 3.8) is 0 Å². The van der Waals surface area contributed by atoms with Crippen LogP contribution in [0.2, 0.25) is 5.02 Å². The molecule has 6 nitrogen and oxygen atoms in total. The number of carbonyl (C=O) groups is 1. The van der Waals surface area contributed by atoms with Crippen LogP contribution in [0.1, 0.15) is 21.6 Å². The molecule has 0 unspecified atom stereocenters. The van der Waals surface area contributed by atoms with Crippen LogP contribution >= 0.6 is 11.6 Å². The van der Waals surface area contributed by atoms with Gasteiger partial charge in [0, 0.05) is 6.20 Å². The zero-order valence-electron chi connectivity index (χ0n) is 11.6. The number of carbonyl (C=O) groups excluding carboxylic acids is 1. The summed E-state index contributed by atoms with van der Waals surface area (Å²) in [6, 6.07) is 1.70. The Morgan fingerprint density at radius 1 is 1.28 bits per heavy atom. The molecule has 2 heterocycles. The van der Waals surface area contributed by atoms with Crippen molar-refractivity contribution in [3.05, 3.63) is 34.1 Å². The summed E-state index contributed by atoms with van der Waals surface area (Å²) < 4.78 is 75.9. The Morgan fingerprint density at radius 3 is 2.32 bits per heavy atom. The summed E-state index contributed by atoms with van der Waals surface area (Å²) in [6.45, 7) is 0. The van der Waals surface area contributed by atoms with Crippen molar-refractivity contribution in [3.8, 4) is 11.9 Å². The average molecular weight is 384 g/mol. The first-order valence-electron chi connectivity index (χ1n) is 6.01. The molecule has 0 saturated carbocycles. The second-order valence-electron chi connectivity index (χ2n) is 4.49. The maximum atomic E-state index is 12.6. The van der Waals surface area contributed by atoms with E-state index >= 15 is 0 Å². The fraction of sp³-hybridized carbons (Fsp3) is 0.167. The monoisotopic (exact) mass is 383 g/mol. The average Bonchev–Trinajstić information content (AvgIpc) is 2.81. The highest BCUT2D eigenvalue weighted by atomic mass is 35.5. The number of halogens is 7. The molecule has 0 radical (unpaired) electrons. The lowest BCUT2D eigenvalue weighted by Gasteiger charge is -2.10. The number of aromatic nitrogens is 3. The van der Waals surface area contributed by atoms with Gasteiger partial charge in [-0.15, -0.1) is 0 Å². The van der Waals surface area contributed by atoms with Gasteiger partial charge in [-0.3, -0.25) is 4.79 Å². The third-order valence-corrected chi connectivity index (χ3v) is 3.14. The highest BCUT2D eigenvalue weighted by Crippen LogP contribution is 2.34. The Labute approximate surface area is 139 Å². The van der Waals surface area contributed by atoms with Gasteiger partial charge < -0.3 is 5.73 Å². The molecule has 2 N–H and O–H groups in total. The summed E-state index contributed by atoms with van der Waals surface area (Å²) >= 11 is 5.65. The Balaban J connectivity index is 2.65. The lowest BCUT2D eigenvalue weighted by atomic mass is 10.1. The number of nitrogens with two attached hydrogens (primary N) is 1. The molecule has 13 heteroatoms. The Kier molecular flexibility index (Phi) is 4.39. The minimum Gasteiger partial charge on any atom is -0.383 e. The molecule has 0 aliphatic carbocycles. The summed E-state index contributed by atoms with van der Waals surface area (Å²) in [5.74, 6) is -3.95. The summed E-state index contributed by atoms with van der Waals surface area (Å²) in [5, 5.41) is 11.5. The topological polar surface area (TPSA) is 97.6 Å². The molecular formula is C12H4ClF6N5O. The van der Waals surface area contributed by atoms with Gasteiger partial charge in [0.1, 0.15) is 17.5 Å². The van der Waals surface area contributed by atoms with Crippen molar-refractivity contribution < 1.29 is 31.1 Å². The van der Waals surface area contributed by atoms with Crippen LogP contribution in [0.3, 0.4) is 0 Å². The SMILES string of the molecule is N#Cc1nn(-c2ncc(C(F)(F)F)cc2Cl)c(N)c1C(=O)C(F)(F)F. The lowest BCUT2D eigenvalue weighted by molar-refractivity contribution is -0.137. The maximum absolute atomic E-state index is 12.6. The minimum absolute atomic E-state index is 0.347. The van der Waals surface area contributed by atoms with Crippen LogP contribution in [-0.2, 0) is 6.18 Å². The zero-order valence-corrected chi connectivity index (χ0v) is 12.3. The van der Waals surface area contributed by atoms with E-state index in [4.69, 9.17) is 22.6 Å². The molecule has 0 atom stereocenters. The van der Waals surface area contributed by atoms with Crippen molar-refractivity contribution in [2.45, 2.75) is 12.4 Å². The standard InChI is InChI=1S/C12H4ClF6N5O/c13-5-1-4(11(14,15)16)3-22-10(5)24-9(21)7(6(2-20)23-24)8(25)12(17,18)19/h1,3H,21H2. The Morgan fingerprint density at radius 2 is 1.88 bits per heavy atom. The van der Waals surface area contributed by atoms with Gasteiger partial charge in [0.25, 0.3) is 5.78 Å². The predicted molar refractivity (Wildman–Crippen MR) is 70.9 cm³/mol. The number of pyridine rings is 1. The van der Waals surface area contributed by atoms with Crippen LogP contribution in [0.15, 0.2) is 12.3 Å². The van der Waals surface area contributed by atoms with Gasteiger partial charge in [-0.05, 0) is 6.07 Å². The summed E-state index contributed by atoms with van der Waals surface area (Å²) in [4.78, 5) is 14.7. The van der Waals surface area contributed by atoms with Crippen molar-refractivity contribution in [1.29, 1.82) is 5.26 Å². The molecule has 2 aromatic rings. The van der Waals surface area contributed by atoms with E-state index in [2.05, 4.69) is 10.1 Å². The zero-order chi connectivity index (χ0) is 19.2. The molecule has 0 aromatic carbocycles. The largest absolute Gasteiger partial charge is 0.455 e. The molecule has 0 saturated heterocycles. The second-order valence-corrected chi connectivity index (χ2v) is 4.89. The first-order valence-corrected chi connectivity index (χ1v) is 6.39. The number of hydrogen-bond donors (Lipinski definition) is 1. The number of hydrogen-bond acceptors (Lipinski definition) is 5. The number of nitrogen functional groups attached to an aromatic ring is 1. The van der Waals surface area contributed by atoms with Crippen LogP contribution < -0.4 is 5.73 Å². The number of nitriles is 1. The summed E-state index contributed by atoms with van der Waals surface area (Å²) in [6.07, 6.45) is -9.76. The van der Waals surface area contributed by atoms with Crippen molar-refractivity contribution in [2.75, 3.05) is 5.73 Å². The molecule has 0 fully saturated rings. The summed E-state index contributed by atoms with van der Waals surface area (Å²) in [5.41, 5.74) is 1.97. The van der Waals surface area contributed by atoms with Gasteiger partial charge in [-0.25, -0.2) is 4.98 Å². The normalized spacial score (nSPS) is 12.1. The molecule has 132 valence electrons. The van der Waals surface area contributed by atoms with E-state index < -0.39 is 51.6 Å². The minimum atomic E-state index is -5.34. The van der Waals surface area contributed by atoms with E-state index in [1.54, 1.807) is 0 Å². The maximum Gasteiger partial charge on any atom is 0.455 e. The van der Waals surface area contributed by atoms with E-state index in [9.17, 15) is 31.1 Å². The van der Waals surface area contributed by atoms with Crippen molar-refractivity contribution in [2.24, 2.45) is 0 Å². The molecule has 2 aromatic heterocycles. The van der Waals surface area contributed by atoms with Gasteiger partial charge in [0.2, 0.25) is 0 Å². The van der Waals surface area contributed by atoms with Gasteiger partial charge >= 0.3 is 12.4 Å². The van der Waals surface area contributed by atoms with E-state index in [1.165, 1.54) is 6.07 Å². The smallest absolute Gasteiger partial charge is 0.383 e. The summed E-state index contributed by atoms with van der Waals surface area (Å²) in [7, 11) is 0. The molecule has 0 aliphatic rings.